The molecule has 1 N–H and O–H groups in total. The van der Waals surface area contributed by atoms with Crippen LogP contribution in [-0.2, 0) is 30.9 Å². The number of benzene rings is 3. The predicted molar refractivity (Wildman–Crippen MR) is 193 cm³/mol. The minimum atomic E-state index is -1.06. The summed E-state index contributed by atoms with van der Waals surface area (Å²) in [6, 6.07) is 31.6. The Kier molecular flexibility index (Phi) is 13.4. The summed E-state index contributed by atoms with van der Waals surface area (Å²) in [7, 11) is 0. The maximum Gasteiger partial charge on any atom is 0.519 e. The number of hydrogen-bond acceptors (Lipinski definition) is 8. The summed E-state index contributed by atoms with van der Waals surface area (Å²) in [5.41, 5.74) is 2.00. The third-order valence-corrected chi connectivity index (χ3v) is 6.82. The van der Waals surface area contributed by atoms with Crippen LogP contribution in [0.3, 0.4) is 0 Å². The Hall–Kier alpha value is -5.12. The maximum atomic E-state index is 11.9. The van der Waals surface area contributed by atoms with Gasteiger partial charge in [-0.2, -0.15) is 0 Å². The highest BCUT2D eigenvalue weighted by Gasteiger charge is 2.38. The number of aryl methyl sites for hydroxylation is 1. The van der Waals surface area contributed by atoms with Gasteiger partial charge in [-0.15, -0.1) is 0 Å². The molecule has 1 amide bonds. The van der Waals surface area contributed by atoms with E-state index in [2.05, 4.69) is 93.6 Å². The van der Waals surface area contributed by atoms with Gasteiger partial charge in [0.2, 0.25) is 0 Å². The number of ether oxygens (including phenoxy) is 4. The molecular weight excluding hydrogens is 634 g/mol. The molecular formula is C40H51N3O7. The molecule has 0 saturated carbocycles. The van der Waals surface area contributed by atoms with Crippen molar-refractivity contribution in [1.82, 2.24) is 14.9 Å². The number of hydrogen-bond donors (Lipinski definition) is 1. The first-order valence-electron chi connectivity index (χ1n) is 16.7. The number of carbonyl (C=O) groups excluding carboxylic acids is 3. The number of carbonyl (C=O) groups is 3. The van der Waals surface area contributed by atoms with Crippen LogP contribution >= 0.6 is 0 Å². The number of amides is 1. The van der Waals surface area contributed by atoms with Crippen molar-refractivity contribution in [3.63, 3.8) is 0 Å². The molecule has 0 fully saturated rings. The maximum absolute atomic E-state index is 11.9. The van der Waals surface area contributed by atoms with E-state index in [0.717, 1.165) is 35.2 Å². The highest BCUT2D eigenvalue weighted by molar-refractivity contribution is 5.77. The molecule has 50 heavy (non-hydrogen) atoms. The Labute approximate surface area is 296 Å². The zero-order valence-corrected chi connectivity index (χ0v) is 30.7. The van der Waals surface area contributed by atoms with E-state index in [9.17, 15) is 14.4 Å². The minimum Gasteiger partial charge on any atom is -0.444 e. The molecule has 1 aromatic heterocycles. The summed E-state index contributed by atoms with van der Waals surface area (Å²) < 4.78 is 21.3. The molecule has 0 saturated heterocycles. The Morgan fingerprint density at radius 2 is 1.02 bits per heavy atom. The summed E-state index contributed by atoms with van der Waals surface area (Å²) in [6.45, 7) is 16.1. The standard InChI is InChI=1S/C30H33N3O2.C10H18O5/c1-29(2,3)35-28(34)31-21-13-20-27-22-33(23-32-27)30(24-14-7-4-8-15-24,25-16-9-5-10-17-25)26-18-11-6-12-19-26;1-9(2,3)14-7(11)13-8(12)15-10(4,5)6/h4-12,14-19,22-23H,13,20-21H2,1-3H3,(H,31,34);1-6H3. The van der Waals surface area contributed by atoms with E-state index in [0.29, 0.717) is 6.54 Å². The van der Waals surface area contributed by atoms with Gasteiger partial charge in [-0.1, -0.05) is 91.0 Å². The lowest BCUT2D eigenvalue weighted by Gasteiger charge is -2.37. The highest BCUT2D eigenvalue weighted by atomic mass is 16.8. The molecule has 0 atom stereocenters. The van der Waals surface area contributed by atoms with Gasteiger partial charge in [0.1, 0.15) is 22.3 Å². The number of nitrogens with one attached hydrogen (secondary N) is 1. The van der Waals surface area contributed by atoms with E-state index in [1.165, 1.54) is 0 Å². The first-order valence-corrected chi connectivity index (χ1v) is 16.7. The van der Waals surface area contributed by atoms with Gasteiger partial charge in [0.15, 0.2) is 0 Å². The highest BCUT2D eigenvalue weighted by Crippen LogP contribution is 2.40. The van der Waals surface area contributed by atoms with Crippen molar-refractivity contribution in [2.24, 2.45) is 0 Å². The molecule has 0 aliphatic rings. The molecule has 10 heteroatoms. The topological polar surface area (TPSA) is 118 Å². The molecule has 0 aliphatic heterocycles. The third-order valence-electron chi connectivity index (χ3n) is 6.82. The van der Waals surface area contributed by atoms with Gasteiger partial charge in [-0.3, -0.25) is 0 Å². The number of alkyl carbamates (subject to hydrolysis) is 1. The fourth-order valence-corrected chi connectivity index (χ4v) is 5.05. The second-order valence-electron chi connectivity index (χ2n) is 14.6. The van der Waals surface area contributed by atoms with Crippen LogP contribution < -0.4 is 5.32 Å². The molecule has 0 radical (unpaired) electrons. The molecule has 3 aromatic carbocycles. The lowest BCUT2D eigenvalue weighted by molar-refractivity contribution is -0.0294. The first kappa shape index (κ1) is 39.3. The minimum absolute atomic E-state index is 0.390. The van der Waals surface area contributed by atoms with Crippen molar-refractivity contribution in [3.8, 4) is 0 Å². The molecule has 0 spiro atoms. The lowest BCUT2D eigenvalue weighted by Crippen LogP contribution is -2.36. The molecule has 0 bridgehead atoms. The molecule has 0 aliphatic carbocycles. The largest absolute Gasteiger partial charge is 0.519 e. The van der Waals surface area contributed by atoms with E-state index in [4.69, 9.17) is 19.2 Å². The van der Waals surface area contributed by atoms with E-state index >= 15 is 0 Å². The van der Waals surface area contributed by atoms with Crippen LogP contribution in [0.2, 0.25) is 0 Å². The molecule has 10 nitrogen and oxygen atoms in total. The van der Waals surface area contributed by atoms with Gasteiger partial charge in [-0.25, -0.2) is 19.4 Å². The van der Waals surface area contributed by atoms with Crippen molar-refractivity contribution in [2.45, 2.75) is 97.5 Å². The average Bonchev–Trinajstić information content (AvgIpc) is 3.48. The van der Waals surface area contributed by atoms with Crippen molar-refractivity contribution in [2.75, 3.05) is 6.54 Å². The fraction of sp³-hybridized carbons (Fsp3) is 0.400. The Morgan fingerprint density at radius 3 is 1.40 bits per heavy atom. The van der Waals surface area contributed by atoms with Crippen molar-refractivity contribution >= 4 is 18.4 Å². The summed E-state index contributed by atoms with van der Waals surface area (Å²) in [4.78, 5) is 38.7. The summed E-state index contributed by atoms with van der Waals surface area (Å²) >= 11 is 0. The number of imidazole rings is 1. The zero-order valence-electron chi connectivity index (χ0n) is 30.7. The Balaban J connectivity index is 0.000000381. The van der Waals surface area contributed by atoms with Gasteiger partial charge in [-0.05, 0) is 91.8 Å². The van der Waals surface area contributed by atoms with Crippen molar-refractivity contribution in [3.05, 3.63) is 126 Å². The Morgan fingerprint density at radius 1 is 0.620 bits per heavy atom. The van der Waals surface area contributed by atoms with Gasteiger partial charge < -0.3 is 28.8 Å². The second-order valence-corrected chi connectivity index (χ2v) is 14.6. The normalized spacial score (nSPS) is 11.8. The first-order chi connectivity index (χ1) is 23.4. The number of rotatable bonds is 8. The van der Waals surface area contributed by atoms with Gasteiger partial charge in [0.25, 0.3) is 0 Å². The van der Waals surface area contributed by atoms with Crippen molar-refractivity contribution in [1.29, 1.82) is 0 Å². The van der Waals surface area contributed by atoms with E-state index in [1.807, 2.05) is 45.3 Å². The quantitative estimate of drug-likeness (QED) is 0.0642. The monoisotopic (exact) mass is 685 g/mol. The Bertz CT molecular complexity index is 1530. The van der Waals surface area contributed by atoms with Gasteiger partial charge >= 0.3 is 18.4 Å². The molecule has 4 rings (SSSR count). The number of aromatic nitrogens is 2. The molecule has 0 unspecified atom stereocenters. The molecule has 1 heterocycles. The van der Waals surface area contributed by atoms with Crippen LogP contribution in [0.5, 0.6) is 0 Å². The lowest BCUT2D eigenvalue weighted by atomic mass is 9.77. The summed E-state index contributed by atoms with van der Waals surface area (Å²) in [5, 5.41) is 2.83. The predicted octanol–water partition coefficient (Wildman–Crippen LogP) is 9.05. The number of nitrogens with zero attached hydrogens (tertiary/aromatic N) is 2. The van der Waals surface area contributed by atoms with E-state index in [1.54, 1.807) is 41.5 Å². The van der Waals surface area contributed by atoms with Gasteiger partial charge in [0.05, 0.1) is 12.0 Å². The molecule has 268 valence electrons. The van der Waals surface area contributed by atoms with Crippen molar-refractivity contribution < 1.29 is 33.3 Å². The zero-order chi connectivity index (χ0) is 37.0. The summed E-state index contributed by atoms with van der Waals surface area (Å²) in [6.07, 6.45) is 3.06. The van der Waals surface area contributed by atoms with Crippen LogP contribution in [0.1, 0.15) is 91.1 Å². The van der Waals surface area contributed by atoms with Crippen LogP contribution in [0.4, 0.5) is 14.4 Å². The summed E-state index contributed by atoms with van der Waals surface area (Å²) in [5.74, 6) is 0. The molecule has 4 aromatic rings. The fourth-order valence-electron chi connectivity index (χ4n) is 5.05. The SMILES string of the molecule is CC(C)(C)OC(=O)NCCCc1cn(C(c2ccccc2)(c2ccccc2)c2ccccc2)cn1.CC(C)(C)OC(=O)OC(=O)OC(C)(C)C. The second kappa shape index (κ2) is 17.0. The van der Waals surface area contributed by atoms with Crippen LogP contribution in [-0.4, -0.2) is 51.3 Å². The van der Waals surface area contributed by atoms with Crippen LogP contribution in [0.15, 0.2) is 104 Å². The smallest absolute Gasteiger partial charge is 0.444 e. The average molecular weight is 686 g/mol. The van der Waals surface area contributed by atoms with Crippen LogP contribution in [0, 0.1) is 0 Å². The van der Waals surface area contributed by atoms with Gasteiger partial charge in [0, 0.05) is 12.7 Å². The van der Waals surface area contributed by atoms with E-state index in [-0.39, 0.29) is 6.09 Å². The third kappa shape index (κ3) is 12.4. The van der Waals surface area contributed by atoms with Crippen LogP contribution in [0.25, 0.3) is 0 Å². The van der Waals surface area contributed by atoms with E-state index < -0.39 is 34.7 Å².